The van der Waals surface area contributed by atoms with Gasteiger partial charge in [-0.2, -0.15) is 0 Å². The molecule has 0 radical (unpaired) electrons. The zero-order valence-corrected chi connectivity index (χ0v) is 12.1. The summed E-state index contributed by atoms with van der Waals surface area (Å²) in [6.07, 6.45) is 10.3. The lowest BCUT2D eigenvalue weighted by atomic mass is 9.85. The third-order valence-corrected chi connectivity index (χ3v) is 5.61. The first-order valence-electron chi connectivity index (χ1n) is 6.79. The van der Waals surface area contributed by atoms with Gasteiger partial charge in [0, 0.05) is 6.26 Å². The highest BCUT2D eigenvalue weighted by Crippen LogP contribution is 2.31. The molecule has 0 spiro atoms. The topological polar surface area (TPSA) is 37.4 Å². The minimum Gasteiger partial charge on any atom is -0.304 e. The van der Waals surface area contributed by atoms with Crippen LogP contribution in [0, 0.1) is 5.92 Å². The standard InChI is InChI=1S/C14H23NO2S/c1-3-15-9-7-12(8-10-15)13-5-4-6-14(11-13)18(2,16)17/h4-6,12,14H,3,7-11H2,1-2H3. The monoisotopic (exact) mass is 269 g/mol. The molecular formula is C14H23NO2S. The van der Waals surface area contributed by atoms with Gasteiger partial charge in [-0.25, -0.2) is 8.42 Å². The van der Waals surface area contributed by atoms with Gasteiger partial charge in [-0.1, -0.05) is 30.7 Å². The van der Waals surface area contributed by atoms with E-state index in [-0.39, 0.29) is 5.25 Å². The minimum atomic E-state index is -2.95. The molecule has 0 saturated carbocycles. The Morgan fingerprint density at radius 3 is 2.56 bits per heavy atom. The number of nitrogens with zero attached hydrogens (tertiary/aromatic N) is 1. The lowest BCUT2D eigenvalue weighted by molar-refractivity contribution is 0.206. The molecule has 1 aliphatic carbocycles. The molecule has 3 nitrogen and oxygen atoms in total. The molecule has 2 rings (SSSR count). The molecular weight excluding hydrogens is 246 g/mol. The van der Waals surface area contributed by atoms with Crippen LogP contribution >= 0.6 is 0 Å². The zero-order chi connectivity index (χ0) is 13.2. The summed E-state index contributed by atoms with van der Waals surface area (Å²) in [7, 11) is -2.95. The van der Waals surface area contributed by atoms with Crippen LogP contribution in [0.1, 0.15) is 26.2 Å². The zero-order valence-electron chi connectivity index (χ0n) is 11.3. The maximum Gasteiger partial charge on any atom is 0.154 e. The summed E-state index contributed by atoms with van der Waals surface area (Å²) in [5.74, 6) is 0.585. The highest BCUT2D eigenvalue weighted by Gasteiger charge is 2.27. The van der Waals surface area contributed by atoms with Crippen LogP contribution in [0.3, 0.4) is 0 Å². The van der Waals surface area contributed by atoms with Crippen LogP contribution in [0.15, 0.2) is 23.8 Å². The predicted molar refractivity (Wildman–Crippen MR) is 75.3 cm³/mol. The Bertz CT molecular complexity index is 442. The smallest absolute Gasteiger partial charge is 0.154 e. The average molecular weight is 269 g/mol. The van der Waals surface area contributed by atoms with Gasteiger partial charge in [0.25, 0.3) is 0 Å². The maximum atomic E-state index is 11.6. The molecule has 1 heterocycles. The highest BCUT2D eigenvalue weighted by atomic mass is 32.2. The molecule has 1 saturated heterocycles. The SMILES string of the molecule is CCN1CCC(C2=CC=CC(S(C)(=O)=O)C2)CC1. The molecule has 4 heteroatoms. The Labute approximate surface area is 110 Å². The fourth-order valence-electron chi connectivity index (χ4n) is 2.89. The molecule has 2 aliphatic rings. The van der Waals surface area contributed by atoms with Gasteiger partial charge in [0.2, 0.25) is 0 Å². The molecule has 1 unspecified atom stereocenters. The molecule has 102 valence electrons. The van der Waals surface area contributed by atoms with E-state index in [0.717, 1.165) is 19.6 Å². The highest BCUT2D eigenvalue weighted by molar-refractivity contribution is 7.91. The number of rotatable bonds is 3. The van der Waals surface area contributed by atoms with Crippen molar-refractivity contribution in [3.05, 3.63) is 23.8 Å². The third-order valence-electron chi connectivity index (χ3n) is 4.18. The number of allylic oxidation sites excluding steroid dienone is 3. The number of hydrogen-bond acceptors (Lipinski definition) is 3. The summed E-state index contributed by atoms with van der Waals surface area (Å²) in [6.45, 7) is 5.61. The quantitative estimate of drug-likeness (QED) is 0.786. The van der Waals surface area contributed by atoms with Crippen molar-refractivity contribution in [3.8, 4) is 0 Å². The van der Waals surface area contributed by atoms with Crippen molar-refractivity contribution in [2.45, 2.75) is 31.4 Å². The van der Waals surface area contributed by atoms with Crippen molar-refractivity contribution >= 4 is 9.84 Å². The van der Waals surface area contributed by atoms with E-state index in [9.17, 15) is 8.42 Å². The van der Waals surface area contributed by atoms with Crippen molar-refractivity contribution in [2.24, 2.45) is 5.92 Å². The molecule has 0 aromatic rings. The maximum absolute atomic E-state index is 11.6. The second-order valence-electron chi connectivity index (χ2n) is 5.41. The van der Waals surface area contributed by atoms with Gasteiger partial charge in [0.05, 0.1) is 5.25 Å². The molecule has 1 aliphatic heterocycles. The van der Waals surface area contributed by atoms with Crippen LogP contribution in [0.25, 0.3) is 0 Å². The lowest BCUT2D eigenvalue weighted by Crippen LogP contribution is -2.35. The molecule has 18 heavy (non-hydrogen) atoms. The van der Waals surface area contributed by atoms with Gasteiger partial charge < -0.3 is 4.90 Å². The normalized spacial score (nSPS) is 27.2. The first-order valence-corrected chi connectivity index (χ1v) is 8.74. The summed E-state index contributed by atoms with van der Waals surface area (Å²) < 4.78 is 23.3. The third kappa shape index (κ3) is 3.23. The molecule has 0 amide bonds. The summed E-state index contributed by atoms with van der Waals surface area (Å²) in [5, 5.41) is -0.304. The van der Waals surface area contributed by atoms with Crippen LogP contribution in [0.4, 0.5) is 0 Å². The summed E-state index contributed by atoms with van der Waals surface area (Å²) in [6, 6.07) is 0. The molecule has 1 atom stereocenters. The number of hydrogen-bond donors (Lipinski definition) is 0. The van der Waals surface area contributed by atoms with Crippen LogP contribution in [0.5, 0.6) is 0 Å². The van der Waals surface area contributed by atoms with Gasteiger partial charge in [-0.05, 0) is 44.8 Å². The Morgan fingerprint density at radius 1 is 1.33 bits per heavy atom. The van der Waals surface area contributed by atoms with Crippen LogP contribution in [-0.4, -0.2) is 44.5 Å². The Morgan fingerprint density at radius 2 is 2.00 bits per heavy atom. The van der Waals surface area contributed by atoms with Crippen molar-refractivity contribution in [1.29, 1.82) is 0 Å². The van der Waals surface area contributed by atoms with E-state index >= 15 is 0 Å². The number of piperidine rings is 1. The largest absolute Gasteiger partial charge is 0.304 e. The molecule has 0 N–H and O–H groups in total. The van der Waals surface area contributed by atoms with Crippen molar-refractivity contribution in [1.82, 2.24) is 4.90 Å². The van der Waals surface area contributed by atoms with E-state index < -0.39 is 9.84 Å². The number of likely N-dealkylation sites (tertiary alicyclic amines) is 1. The van der Waals surface area contributed by atoms with Gasteiger partial charge in [-0.15, -0.1) is 0 Å². The van der Waals surface area contributed by atoms with Gasteiger partial charge >= 0.3 is 0 Å². The fourth-order valence-corrected chi connectivity index (χ4v) is 3.76. The molecule has 0 aromatic heterocycles. The average Bonchev–Trinajstić information content (AvgIpc) is 2.38. The van der Waals surface area contributed by atoms with Gasteiger partial charge in [-0.3, -0.25) is 0 Å². The molecule has 1 fully saturated rings. The van der Waals surface area contributed by atoms with Crippen molar-refractivity contribution < 1.29 is 8.42 Å². The van der Waals surface area contributed by atoms with E-state index in [2.05, 4.69) is 17.9 Å². The molecule has 0 bridgehead atoms. The summed E-state index contributed by atoms with van der Waals surface area (Å²) in [5.41, 5.74) is 1.34. The Kier molecular flexibility index (Phi) is 4.28. The van der Waals surface area contributed by atoms with E-state index in [1.54, 1.807) is 0 Å². The van der Waals surface area contributed by atoms with Gasteiger partial charge in [0.15, 0.2) is 9.84 Å². The van der Waals surface area contributed by atoms with Crippen molar-refractivity contribution in [3.63, 3.8) is 0 Å². The van der Waals surface area contributed by atoms with Crippen molar-refractivity contribution in [2.75, 3.05) is 25.9 Å². The predicted octanol–water partition coefficient (Wildman–Crippen LogP) is 2.02. The Hall–Kier alpha value is -0.610. The van der Waals surface area contributed by atoms with E-state index in [1.165, 1.54) is 24.7 Å². The van der Waals surface area contributed by atoms with E-state index in [1.807, 2.05) is 12.2 Å². The first kappa shape index (κ1) is 13.8. The number of sulfone groups is 1. The fraction of sp³-hybridized carbons (Fsp3) is 0.714. The van der Waals surface area contributed by atoms with Crippen LogP contribution in [-0.2, 0) is 9.84 Å². The van der Waals surface area contributed by atoms with Crippen LogP contribution in [0.2, 0.25) is 0 Å². The van der Waals surface area contributed by atoms with E-state index in [0.29, 0.717) is 12.3 Å². The molecule has 0 aromatic carbocycles. The second kappa shape index (κ2) is 5.57. The van der Waals surface area contributed by atoms with E-state index in [4.69, 9.17) is 0 Å². The summed E-state index contributed by atoms with van der Waals surface area (Å²) >= 11 is 0. The minimum absolute atomic E-state index is 0.304. The lowest BCUT2D eigenvalue weighted by Gasteiger charge is -2.33. The Balaban J connectivity index is 1.99. The second-order valence-corrected chi connectivity index (χ2v) is 7.67. The summed E-state index contributed by atoms with van der Waals surface area (Å²) in [4.78, 5) is 2.46. The van der Waals surface area contributed by atoms with Gasteiger partial charge in [0.1, 0.15) is 0 Å². The van der Waals surface area contributed by atoms with Crippen LogP contribution < -0.4 is 0 Å². The first-order chi connectivity index (χ1) is 8.50.